The van der Waals surface area contributed by atoms with Crippen LogP contribution >= 0.6 is 0 Å². The van der Waals surface area contributed by atoms with E-state index in [4.69, 9.17) is 10.5 Å². The van der Waals surface area contributed by atoms with Crippen LogP contribution in [0.1, 0.15) is 0 Å². The number of nitrogen functional groups attached to an aromatic ring is 1. The van der Waals surface area contributed by atoms with E-state index in [1.54, 1.807) is 30.5 Å². The van der Waals surface area contributed by atoms with Crippen molar-refractivity contribution < 1.29 is 9.53 Å². The van der Waals surface area contributed by atoms with Crippen molar-refractivity contribution in [2.45, 2.75) is 0 Å². The zero-order chi connectivity index (χ0) is 12.7. The molecule has 0 bridgehead atoms. The summed E-state index contributed by atoms with van der Waals surface area (Å²) >= 11 is 0. The first kappa shape index (κ1) is 13.2. The summed E-state index contributed by atoms with van der Waals surface area (Å²) in [7, 11) is 3.40. The molecule has 0 spiro atoms. The van der Waals surface area contributed by atoms with Crippen molar-refractivity contribution in [2.24, 2.45) is 0 Å². The number of aromatic nitrogens is 1. The number of pyridine rings is 1. The number of nitrogens with zero attached hydrogens (tertiary/aromatic N) is 2. The largest absolute Gasteiger partial charge is 0.396 e. The van der Waals surface area contributed by atoms with Crippen LogP contribution in [0, 0.1) is 0 Å². The third-order valence-corrected chi connectivity index (χ3v) is 2.25. The summed E-state index contributed by atoms with van der Waals surface area (Å²) in [6.45, 7) is 1.26. The molecule has 1 rings (SSSR count). The number of nitrogens with one attached hydrogen (secondary N) is 1. The number of nitrogens with two attached hydrogens (primary N) is 1. The average Bonchev–Trinajstić information content (AvgIpc) is 2.29. The summed E-state index contributed by atoms with van der Waals surface area (Å²) in [5.41, 5.74) is 7.11. The molecule has 0 saturated carbocycles. The maximum absolute atomic E-state index is 11.5. The molecule has 6 heteroatoms. The second-order valence-electron chi connectivity index (χ2n) is 3.63. The number of hydrogen-bond acceptors (Lipinski definition) is 5. The van der Waals surface area contributed by atoms with Gasteiger partial charge in [-0.3, -0.25) is 9.78 Å². The van der Waals surface area contributed by atoms with Gasteiger partial charge >= 0.3 is 0 Å². The standard InChI is InChI=1S/C11H18N4O2/c1-15(8-11(16)14-5-6-17-2)10-3-4-13-7-9(10)12/h3-4,7H,5-6,8,12H2,1-2H3,(H,14,16). The smallest absolute Gasteiger partial charge is 0.239 e. The molecular formula is C11H18N4O2. The number of rotatable bonds is 6. The Hall–Kier alpha value is -1.82. The molecule has 17 heavy (non-hydrogen) atoms. The number of likely N-dealkylation sites (N-methyl/N-ethyl adjacent to an activating group) is 1. The second kappa shape index (κ2) is 6.70. The molecule has 6 nitrogen and oxygen atoms in total. The Morgan fingerprint density at radius 1 is 1.65 bits per heavy atom. The first-order valence-electron chi connectivity index (χ1n) is 5.31. The predicted octanol–water partition coefficient (Wildman–Crippen LogP) is -0.137. The van der Waals surface area contributed by atoms with Crippen molar-refractivity contribution in [3.63, 3.8) is 0 Å². The van der Waals surface area contributed by atoms with Gasteiger partial charge in [0.1, 0.15) is 0 Å². The number of carbonyl (C=O) groups is 1. The topological polar surface area (TPSA) is 80.5 Å². The summed E-state index contributed by atoms with van der Waals surface area (Å²) in [4.78, 5) is 17.2. The maximum atomic E-state index is 11.5. The lowest BCUT2D eigenvalue weighted by Gasteiger charge is -2.20. The van der Waals surface area contributed by atoms with E-state index in [-0.39, 0.29) is 12.5 Å². The lowest BCUT2D eigenvalue weighted by atomic mass is 10.3. The Bertz CT molecular complexity index is 370. The van der Waals surface area contributed by atoms with Gasteiger partial charge in [-0.1, -0.05) is 0 Å². The van der Waals surface area contributed by atoms with Crippen LogP contribution in [0.4, 0.5) is 11.4 Å². The quantitative estimate of drug-likeness (QED) is 0.674. The molecule has 94 valence electrons. The molecule has 0 aliphatic carbocycles. The van der Waals surface area contributed by atoms with Gasteiger partial charge in [-0.2, -0.15) is 0 Å². The average molecular weight is 238 g/mol. The fourth-order valence-corrected chi connectivity index (χ4v) is 1.40. The number of anilines is 2. The third kappa shape index (κ3) is 4.28. The number of amides is 1. The number of ether oxygens (including phenoxy) is 1. The van der Waals surface area contributed by atoms with Gasteiger partial charge < -0.3 is 20.7 Å². The van der Waals surface area contributed by atoms with E-state index in [0.29, 0.717) is 18.8 Å². The van der Waals surface area contributed by atoms with Crippen LogP contribution in [0.2, 0.25) is 0 Å². The van der Waals surface area contributed by atoms with E-state index in [2.05, 4.69) is 10.3 Å². The molecular weight excluding hydrogens is 220 g/mol. The van der Waals surface area contributed by atoms with Gasteiger partial charge in [0.25, 0.3) is 0 Å². The van der Waals surface area contributed by atoms with Crippen molar-refractivity contribution in [3.8, 4) is 0 Å². The van der Waals surface area contributed by atoms with Gasteiger partial charge in [-0.25, -0.2) is 0 Å². The van der Waals surface area contributed by atoms with Gasteiger partial charge in [0.05, 0.1) is 30.7 Å². The molecule has 1 aromatic heterocycles. The fourth-order valence-electron chi connectivity index (χ4n) is 1.40. The van der Waals surface area contributed by atoms with Gasteiger partial charge in [0.2, 0.25) is 5.91 Å². The van der Waals surface area contributed by atoms with Crippen LogP contribution in [0.15, 0.2) is 18.5 Å². The Morgan fingerprint density at radius 3 is 3.06 bits per heavy atom. The first-order chi connectivity index (χ1) is 8.15. The van der Waals surface area contributed by atoms with Crippen LogP contribution in [-0.4, -0.2) is 44.7 Å². The zero-order valence-electron chi connectivity index (χ0n) is 10.1. The highest BCUT2D eigenvalue weighted by Gasteiger charge is 2.09. The van der Waals surface area contributed by atoms with Gasteiger partial charge in [0, 0.05) is 26.9 Å². The number of hydrogen-bond donors (Lipinski definition) is 2. The molecule has 3 N–H and O–H groups in total. The minimum absolute atomic E-state index is 0.0687. The third-order valence-electron chi connectivity index (χ3n) is 2.25. The van der Waals surface area contributed by atoms with Crippen molar-refractivity contribution in [3.05, 3.63) is 18.5 Å². The molecule has 0 atom stereocenters. The molecule has 1 amide bonds. The van der Waals surface area contributed by atoms with E-state index in [9.17, 15) is 4.79 Å². The van der Waals surface area contributed by atoms with Crippen LogP contribution in [0.3, 0.4) is 0 Å². The van der Waals surface area contributed by atoms with E-state index < -0.39 is 0 Å². The number of carbonyl (C=O) groups excluding carboxylic acids is 1. The van der Waals surface area contributed by atoms with Gasteiger partial charge in [0.15, 0.2) is 0 Å². The summed E-state index contributed by atoms with van der Waals surface area (Å²) in [5.74, 6) is -0.0687. The van der Waals surface area contributed by atoms with Crippen molar-refractivity contribution >= 4 is 17.3 Å². The van der Waals surface area contributed by atoms with E-state index >= 15 is 0 Å². The minimum Gasteiger partial charge on any atom is -0.396 e. The maximum Gasteiger partial charge on any atom is 0.239 e. The molecule has 0 aromatic carbocycles. The van der Waals surface area contributed by atoms with Crippen molar-refractivity contribution in [2.75, 3.05) is 44.5 Å². The lowest BCUT2D eigenvalue weighted by molar-refractivity contribution is -0.119. The van der Waals surface area contributed by atoms with Crippen molar-refractivity contribution in [1.29, 1.82) is 0 Å². The highest BCUT2D eigenvalue weighted by Crippen LogP contribution is 2.18. The van der Waals surface area contributed by atoms with Crippen LogP contribution in [-0.2, 0) is 9.53 Å². The number of methoxy groups -OCH3 is 1. The van der Waals surface area contributed by atoms with Crippen LogP contribution in [0.25, 0.3) is 0 Å². The van der Waals surface area contributed by atoms with E-state index in [1.807, 2.05) is 7.05 Å². The molecule has 0 fully saturated rings. The SMILES string of the molecule is COCCNC(=O)CN(C)c1ccncc1N. The summed E-state index contributed by atoms with van der Waals surface area (Å²) < 4.78 is 4.84. The van der Waals surface area contributed by atoms with Gasteiger partial charge in [-0.05, 0) is 6.07 Å². The normalized spacial score (nSPS) is 10.0. The minimum atomic E-state index is -0.0687. The fraction of sp³-hybridized carbons (Fsp3) is 0.455. The summed E-state index contributed by atoms with van der Waals surface area (Å²) in [5, 5.41) is 2.74. The molecule has 0 aliphatic heterocycles. The van der Waals surface area contributed by atoms with Crippen molar-refractivity contribution in [1.82, 2.24) is 10.3 Å². The summed E-state index contributed by atoms with van der Waals surface area (Å²) in [6.07, 6.45) is 3.21. The highest BCUT2D eigenvalue weighted by molar-refractivity contribution is 5.82. The molecule has 0 aliphatic rings. The molecule has 1 aromatic rings. The lowest BCUT2D eigenvalue weighted by Crippen LogP contribution is -2.36. The molecule has 1 heterocycles. The predicted molar refractivity (Wildman–Crippen MR) is 66.8 cm³/mol. The van der Waals surface area contributed by atoms with Gasteiger partial charge in [-0.15, -0.1) is 0 Å². The molecule has 0 saturated heterocycles. The van der Waals surface area contributed by atoms with E-state index in [0.717, 1.165) is 5.69 Å². The Kier molecular flexibility index (Phi) is 5.22. The zero-order valence-corrected chi connectivity index (χ0v) is 10.1. The Labute approximate surface area is 101 Å². The van der Waals surface area contributed by atoms with E-state index in [1.165, 1.54) is 0 Å². The first-order valence-corrected chi connectivity index (χ1v) is 5.31. The van der Waals surface area contributed by atoms with Crippen LogP contribution in [0.5, 0.6) is 0 Å². The Morgan fingerprint density at radius 2 is 2.41 bits per heavy atom. The molecule has 0 radical (unpaired) electrons. The Balaban J connectivity index is 2.46. The highest BCUT2D eigenvalue weighted by atomic mass is 16.5. The monoisotopic (exact) mass is 238 g/mol. The van der Waals surface area contributed by atoms with Crippen LogP contribution < -0.4 is 16.0 Å². The molecule has 0 unspecified atom stereocenters. The second-order valence-corrected chi connectivity index (χ2v) is 3.63. The summed E-state index contributed by atoms with van der Waals surface area (Å²) in [6, 6.07) is 1.78.